The molecule has 1 atom stereocenters. The molecule has 2 heterocycles. The maximum Gasteiger partial charge on any atom is 0.0635 e. The average Bonchev–Trinajstić information content (AvgIpc) is 2.69. The number of halogens is 1. The molecule has 15 heavy (non-hydrogen) atoms. The summed E-state index contributed by atoms with van der Waals surface area (Å²) in [5, 5.41) is 9.28. The predicted octanol–water partition coefficient (Wildman–Crippen LogP) is 2.11. The van der Waals surface area contributed by atoms with Crippen LogP contribution in [-0.4, -0.2) is 29.3 Å². The maximum absolute atomic E-state index is 9.28. The smallest absolute Gasteiger partial charge is 0.0635 e. The van der Waals surface area contributed by atoms with Crippen LogP contribution in [0.3, 0.4) is 0 Å². The molecule has 2 rings (SSSR count). The average molecular weight is 271 g/mol. The summed E-state index contributed by atoms with van der Waals surface area (Å²) < 4.78 is 0.992. The SMILES string of the molecule is Cc1ncc(Br)cc1N1CCC[C@H]1CO. The number of anilines is 1. The van der Waals surface area contributed by atoms with Crippen molar-refractivity contribution in [1.82, 2.24) is 4.98 Å². The molecule has 82 valence electrons. The Labute approximate surface area is 98.3 Å². The number of nitrogens with zero attached hydrogens (tertiary/aromatic N) is 2. The molecule has 0 spiro atoms. The Balaban J connectivity index is 2.31. The number of aryl methyl sites for hydroxylation is 1. The van der Waals surface area contributed by atoms with E-state index in [0.29, 0.717) is 0 Å². The Morgan fingerprint density at radius 1 is 1.67 bits per heavy atom. The highest BCUT2D eigenvalue weighted by Gasteiger charge is 2.25. The summed E-state index contributed by atoms with van der Waals surface area (Å²) in [7, 11) is 0. The van der Waals surface area contributed by atoms with E-state index in [1.165, 1.54) is 0 Å². The van der Waals surface area contributed by atoms with Gasteiger partial charge in [0.2, 0.25) is 0 Å². The van der Waals surface area contributed by atoms with Crippen LogP contribution in [0.1, 0.15) is 18.5 Å². The van der Waals surface area contributed by atoms with E-state index in [9.17, 15) is 5.11 Å². The van der Waals surface area contributed by atoms with Crippen molar-refractivity contribution >= 4 is 21.6 Å². The van der Waals surface area contributed by atoms with Crippen molar-refractivity contribution in [1.29, 1.82) is 0 Å². The summed E-state index contributed by atoms with van der Waals surface area (Å²) in [6.07, 6.45) is 4.03. The Bertz CT molecular complexity index is 356. The molecule has 1 aliphatic rings. The fraction of sp³-hybridized carbons (Fsp3) is 0.545. The van der Waals surface area contributed by atoms with E-state index >= 15 is 0 Å². The van der Waals surface area contributed by atoms with Crippen LogP contribution in [-0.2, 0) is 0 Å². The van der Waals surface area contributed by atoms with Crippen LogP contribution >= 0.6 is 15.9 Å². The summed E-state index contributed by atoms with van der Waals surface area (Å²) in [5.74, 6) is 0. The second kappa shape index (κ2) is 4.49. The van der Waals surface area contributed by atoms with Crippen molar-refractivity contribution in [3.05, 3.63) is 22.4 Å². The molecular weight excluding hydrogens is 256 g/mol. The van der Waals surface area contributed by atoms with E-state index in [1.54, 1.807) is 0 Å². The molecule has 0 aromatic carbocycles. The summed E-state index contributed by atoms with van der Waals surface area (Å²) in [6.45, 7) is 3.25. The molecule has 0 saturated carbocycles. The number of aliphatic hydroxyl groups excluding tert-OH is 1. The first-order valence-corrected chi connectivity index (χ1v) is 6.01. The van der Waals surface area contributed by atoms with E-state index < -0.39 is 0 Å². The predicted molar refractivity (Wildman–Crippen MR) is 64.1 cm³/mol. The van der Waals surface area contributed by atoms with Gasteiger partial charge in [-0.2, -0.15) is 0 Å². The van der Waals surface area contributed by atoms with Gasteiger partial charge in [0.1, 0.15) is 0 Å². The molecule has 0 amide bonds. The van der Waals surface area contributed by atoms with E-state index in [4.69, 9.17) is 0 Å². The zero-order chi connectivity index (χ0) is 10.8. The number of rotatable bonds is 2. The van der Waals surface area contributed by atoms with Gasteiger partial charge in [-0.3, -0.25) is 4.98 Å². The summed E-state index contributed by atoms with van der Waals surface area (Å²) in [5.41, 5.74) is 2.17. The van der Waals surface area contributed by atoms with Crippen molar-refractivity contribution < 1.29 is 5.11 Å². The minimum Gasteiger partial charge on any atom is -0.394 e. The fourth-order valence-electron chi connectivity index (χ4n) is 2.13. The first-order chi connectivity index (χ1) is 7.22. The van der Waals surface area contributed by atoms with Gasteiger partial charge in [0.05, 0.1) is 24.0 Å². The minimum atomic E-state index is 0.228. The van der Waals surface area contributed by atoms with E-state index in [0.717, 1.165) is 35.2 Å². The summed E-state index contributed by atoms with van der Waals surface area (Å²) >= 11 is 3.43. The topological polar surface area (TPSA) is 36.4 Å². The lowest BCUT2D eigenvalue weighted by molar-refractivity contribution is 0.266. The van der Waals surface area contributed by atoms with Gasteiger partial charge in [-0.25, -0.2) is 0 Å². The first-order valence-electron chi connectivity index (χ1n) is 5.22. The Morgan fingerprint density at radius 2 is 2.47 bits per heavy atom. The Morgan fingerprint density at radius 3 is 3.20 bits per heavy atom. The minimum absolute atomic E-state index is 0.228. The van der Waals surface area contributed by atoms with Gasteiger partial charge >= 0.3 is 0 Å². The molecule has 1 N–H and O–H groups in total. The lowest BCUT2D eigenvalue weighted by Crippen LogP contribution is -2.32. The lowest BCUT2D eigenvalue weighted by atomic mass is 10.2. The van der Waals surface area contributed by atoms with Gasteiger partial charge in [0.15, 0.2) is 0 Å². The van der Waals surface area contributed by atoms with Crippen molar-refractivity contribution in [3.8, 4) is 0 Å². The number of pyridine rings is 1. The number of aliphatic hydroxyl groups is 1. The second-order valence-electron chi connectivity index (χ2n) is 3.93. The molecule has 4 heteroatoms. The third kappa shape index (κ3) is 2.16. The molecule has 1 fully saturated rings. The standard InChI is InChI=1S/C11H15BrN2O/c1-8-11(5-9(12)6-13-8)14-4-2-3-10(14)7-15/h5-6,10,15H,2-4,7H2,1H3/t10-/m0/s1. The van der Waals surface area contributed by atoms with E-state index in [-0.39, 0.29) is 12.6 Å². The number of hydrogen-bond acceptors (Lipinski definition) is 3. The molecule has 1 aromatic heterocycles. The summed E-state index contributed by atoms with van der Waals surface area (Å²) in [4.78, 5) is 6.58. The highest BCUT2D eigenvalue weighted by atomic mass is 79.9. The highest BCUT2D eigenvalue weighted by Crippen LogP contribution is 2.29. The molecule has 0 bridgehead atoms. The van der Waals surface area contributed by atoms with Gasteiger partial charge in [-0.05, 0) is 41.8 Å². The molecule has 0 unspecified atom stereocenters. The van der Waals surface area contributed by atoms with Crippen LogP contribution in [0.4, 0.5) is 5.69 Å². The molecule has 0 radical (unpaired) electrons. The molecular formula is C11H15BrN2O. The monoisotopic (exact) mass is 270 g/mol. The zero-order valence-corrected chi connectivity index (χ0v) is 10.4. The molecule has 3 nitrogen and oxygen atoms in total. The Kier molecular flexibility index (Phi) is 3.26. The van der Waals surface area contributed by atoms with E-state index in [2.05, 4.69) is 31.9 Å². The third-order valence-corrected chi connectivity index (χ3v) is 3.36. The van der Waals surface area contributed by atoms with Crippen LogP contribution < -0.4 is 4.90 Å². The van der Waals surface area contributed by atoms with Crippen molar-refractivity contribution in [2.75, 3.05) is 18.1 Å². The van der Waals surface area contributed by atoms with Gasteiger partial charge in [-0.15, -0.1) is 0 Å². The van der Waals surface area contributed by atoms with Crippen LogP contribution in [0.2, 0.25) is 0 Å². The zero-order valence-electron chi connectivity index (χ0n) is 8.78. The molecule has 1 aromatic rings. The van der Waals surface area contributed by atoms with Crippen molar-refractivity contribution in [2.45, 2.75) is 25.8 Å². The quantitative estimate of drug-likeness (QED) is 0.895. The molecule has 1 saturated heterocycles. The Hall–Kier alpha value is -0.610. The highest BCUT2D eigenvalue weighted by molar-refractivity contribution is 9.10. The number of hydrogen-bond donors (Lipinski definition) is 1. The third-order valence-electron chi connectivity index (χ3n) is 2.92. The van der Waals surface area contributed by atoms with Crippen molar-refractivity contribution in [2.24, 2.45) is 0 Å². The normalized spacial score (nSPS) is 21.0. The molecule has 0 aliphatic carbocycles. The first kappa shape index (κ1) is 10.9. The second-order valence-corrected chi connectivity index (χ2v) is 4.85. The fourth-order valence-corrected chi connectivity index (χ4v) is 2.45. The largest absolute Gasteiger partial charge is 0.394 e. The molecule has 1 aliphatic heterocycles. The van der Waals surface area contributed by atoms with Gasteiger partial charge in [-0.1, -0.05) is 0 Å². The van der Waals surface area contributed by atoms with Gasteiger partial charge in [0.25, 0.3) is 0 Å². The van der Waals surface area contributed by atoms with Gasteiger partial charge < -0.3 is 10.0 Å². The van der Waals surface area contributed by atoms with Crippen LogP contribution in [0.25, 0.3) is 0 Å². The van der Waals surface area contributed by atoms with Crippen LogP contribution in [0.5, 0.6) is 0 Å². The van der Waals surface area contributed by atoms with Crippen molar-refractivity contribution in [3.63, 3.8) is 0 Å². The number of aromatic nitrogens is 1. The lowest BCUT2D eigenvalue weighted by Gasteiger charge is -2.26. The maximum atomic E-state index is 9.28. The van der Waals surface area contributed by atoms with Crippen LogP contribution in [0, 0.1) is 6.92 Å². The van der Waals surface area contributed by atoms with Crippen LogP contribution in [0.15, 0.2) is 16.7 Å². The van der Waals surface area contributed by atoms with E-state index in [1.807, 2.05) is 13.1 Å². The summed E-state index contributed by atoms with van der Waals surface area (Å²) in [6, 6.07) is 2.34. The van der Waals surface area contributed by atoms with Gasteiger partial charge in [0, 0.05) is 17.2 Å².